The van der Waals surface area contributed by atoms with Crippen LogP contribution in [0.25, 0.3) is 10.8 Å². The highest BCUT2D eigenvalue weighted by Crippen LogP contribution is 2.47. The van der Waals surface area contributed by atoms with Gasteiger partial charge in [0.2, 0.25) is 5.88 Å². The van der Waals surface area contributed by atoms with E-state index in [2.05, 4.69) is 41.9 Å². The molecule has 6 heteroatoms. The molecule has 1 aliphatic rings. The van der Waals surface area contributed by atoms with Gasteiger partial charge in [-0.1, -0.05) is 44.2 Å². The Kier molecular flexibility index (Phi) is 5.53. The van der Waals surface area contributed by atoms with Crippen LogP contribution >= 0.6 is 0 Å². The molecule has 1 N–H and O–H groups in total. The average molecular weight is 429 g/mol. The van der Waals surface area contributed by atoms with Crippen LogP contribution in [0.2, 0.25) is 0 Å². The van der Waals surface area contributed by atoms with Crippen molar-refractivity contribution in [2.75, 3.05) is 19.6 Å². The Morgan fingerprint density at radius 1 is 1.03 bits per heavy atom. The number of rotatable bonds is 7. The summed E-state index contributed by atoms with van der Waals surface area (Å²) in [6, 6.07) is 16.2. The van der Waals surface area contributed by atoms with Crippen LogP contribution < -0.4 is 10.2 Å². The molecule has 0 amide bonds. The van der Waals surface area contributed by atoms with Crippen molar-refractivity contribution in [3.8, 4) is 11.6 Å². The van der Waals surface area contributed by atoms with Gasteiger partial charge >= 0.3 is 0 Å². The molecule has 0 radical (unpaired) electrons. The van der Waals surface area contributed by atoms with Crippen LogP contribution in [-0.2, 0) is 6.54 Å². The molecule has 0 saturated heterocycles. The third kappa shape index (κ3) is 3.50. The summed E-state index contributed by atoms with van der Waals surface area (Å²) >= 11 is 0. The molecule has 4 aromatic rings. The van der Waals surface area contributed by atoms with E-state index in [9.17, 15) is 0 Å². The first-order valence-corrected chi connectivity index (χ1v) is 11.3. The Labute approximate surface area is 187 Å². The van der Waals surface area contributed by atoms with E-state index in [0.29, 0.717) is 11.4 Å². The second-order valence-electron chi connectivity index (χ2n) is 8.13. The monoisotopic (exact) mass is 428 g/mol. The van der Waals surface area contributed by atoms with Gasteiger partial charge in [-0.15, -0.1) is 0 Å². The minimum Gasteiger partial charge on any atom is -0.468 e. The lowest BCUT2D eigenvalue weighted by Gasteiger charge is -2.28. The Balaban J connectivity index is 1.61. The fourth-order valence-electron chi connectivity index (χ4n) is 4.67. The highest BCUT2D eigenvalue weighted by atomic mass is 16.5. The molecule has 1 aliphatic heterocycles. The van der Waals surface area contributed by atoms with E-state index in [1.165, 1.54) is 0 Å². The van der Waals surface area contributed by atoms with E-state index in [1.54, 1.807) is 12.6 Å². The van der Waals surface area contributed by atoms with Crippen molar-refractivity contribution in [3.63, 3.8) is 0 Å². The van der Waals surface area contributed by atoms with Crippen LogP contribution in [0.4, 0.5) is 0 Å². The molecule has 2 aromatic heterocycles. The second-order valence-corrected chi connectivity index (χ2v) is 8.13. The van der Waals surface area contributed by atoms with Gasteiger partial charge in [0, 0.05) is 12.1 Å². The summed E-state index contributed by atoms with van der Waals surface area (Å²) in [7, 11) is 0. The van der Waals surface area contributed by atoms with Crippen molar-refractivity contribution in [3.05, 3.63) is 83.5 Å². The molecular weight excluding hydrogens is 400 g/mol. The molecule has 1 atom stereocenters. The predicted octanol–water partition coefficient (Wildman–Crippen LogP) is 5.13. The summed E-state index contributed by atoms with van der Waals surface area (Å²) < 4.78 is 14.1. The summed E-state index contributed by atoms with van der Waals surface area (Å²) in [5.74, 6) is 1.80. The van der Waals surface area contributed by atoms with Gasteiger partial charge in [0.1, 0.15) is 23.3 Å². The largest absolute Gasteiger partial charge is 0.468 e. The van der Waals surface area contributed by atoms with E-state index in [-0.39, 0.29) is 5.92 Å². The maximum absolute atomic E-state index is 9.07. The summed E-state index contributed by atoms with van der Waals surface area (Å²) in [6.45, 7) is 8.18. The second kappa shape index (κ2) is 8.63. The van der Waals surface area contributed by atoms with Crippen LogP contribution in [0, 0.1) is 5.41 Å². The minimum atomic E-state index is -0.245. The molecule has 5 rings (SSSR count). The average Bonchev–Trinajstić information content (AvgIpc) is 3.36. The molecule has 6 nitrogen and oxygen atoms in total. The molecule has 164 valence electrons. The van der Waals surface area contributed by atoms with Crippen molar-refractivity contribution in [2.24, 2.45) is 0 Å². The van der Waals surface area contributed by atoms with Gasteiger partial charge in [0.05, 0.1) is 17.7 Å². The number of hydrogen-bond acceptors (Lipinski definition) is 5. The van der Waals surface area contributed by atoms with Crippen molar-refractivity contribution >= 4 is 10.8 Å². The van der Waals surface area contributed by atoms with E-state index in [0.717, 1.165) is 66.0 Å². The summed E-state index contributed by atoms with van der Waals surface area (Å²) in [6.07, 6.45) is 4.38. The third-order valence-corrected chi connectivity index (χ3v) is 6.40. The standard InChI is InChI=1S/C26H28N4O2/c1-3-29(4-2)14-8-15-30-17-28-26-24(25(30)27)23(20-11-7-16-31-20)22-19-10-6-5-9-18(19)12-13-21(22)32-26/h5-7,9-13,16-17,23,27H,3-4,8,14-15H2,1-2H3. The summed E-state index contributed by atoms with van der Waals surface area (Å²) in [5.41, 5.74) is 2.21. The number of furan rings is 1. The zero-order valence-corrected chi connectivity index (χ0v) is 18.5. The zero-order valence-electron chi connectivity index (χ0n) is 18.5. The van der Waals surface area contributed by atoms with Crippen LogP contribution in [0.15, 0.2) is 65.5 Å². The Morgan fingerprint density at radius 2 is 1.88 bits per heavy atom. The maximum atomic E-state index is 9.07. The first-order valence-electron chi connectivity index (χ1n) is 11.3. The summed E-state index contributed by atoms with van der Waals surface area (Å²) in [5, 5.41) is 11.3. The fraction of sp³-hybridized carbons (Fsp3) is 0.308. The number of nitrogens with zero attached hydrogens (tertiary/aromatic N) is 3. The van der Waals surface area contributed by atoms with Crippen LogP contribution in [0.1, 0.15) is 43.1 Å². The molecule has 1 unspecified atom stereocenters. The van der Waals surface area contributed by atoms with Gasteiger partial charge in [0.25, 0.3) is 0 Å². The van der Waals surface area contributed by atoms with Gasteiger partial charge in [-0.25, -0.2) is 4.98 Å². The topological polar surface area (TPSA) is 67.3 Å². The number of aromatic nitrogens is 2. The quantitative estimate of drug-likeness (QED) is 0.390. The molecular formula is C26H28N4O2. The SMILES string of the molecule is CCN(CC)CCCn1cnc2c(c1=N)C(c1ccco1)c1c(ccc3ccccc13)O2. The smallest absolute Gasteiger partial charge is 0.228 e. The number of benzene rings is 2. The zero-order chi connectivity index (χ0) is 22.1. The van der Waals surface area contributed by atoms with Gasteiger partial charge in [0.15, 0.2) is 0 Å². The number of fused-ring (bicyclic) bond motifs is 4. The molecule has 0 aliphatic carbocycles. The van der Waals surface area contributed by atoms with E-state index in [4.69, 9.17) is 14.6 Å². The van der Waals surface area contributed by atoms with Gasteiger partial charge < -0.3 is 18.6 Å². The van der Waals surface area contributed by atoms with E-state index in [1.807, 2.05) is 34.9 Å². The van der Waals surface area contributed by atoms with Crippen molar-refractivity contribution < 1.29 is 9.15 Å². The predicted molar refractivity (Wildman–Crippen MR) is 124 cm³/mol. The van der Waals surface area contributed by atoms with Crippen LogP contribution in [-0.4, -0.2) is 34.1 Å². The number of aryl methyl sites for hydroxylation is 1. The molecule has 2 aromatic carbocycles. The number of nitrogens with one attached hydrogen (secondary N) is 1. The van der Waals surface area contributed by atoms with Crippen LogP contribution in [0.3, 0.4) is 0 Å². The Hall–Kier alpha value is -3.38. The summed E-state index contributed by atoms with van der Waals surface area (Å²) in [4.78, 5) is 7.02. The lowest BCUT2D eigenvalue weighted by molar-refractivity contribution is 0.291. The molecule has 0 fully saturated rings. The Bertz CT molecular complexity index is 1290. The molecule has 0 spiro atoms. The number of ether oxygens (including phenoxy) is 1. The van der Waals surface area contributed by atoms with Gasteiger partial charge in [-0.05, 0) is 55.0 Å². The van der Waals surface area contributed by atoms with Crippen molar-refractivity contribution in [2.45, 2.75) is 32.7 Å². The van der Waals surface area contributed by atoms with E-state index < -0.39 is 0 Å². The lowest BCUT2D eigenvalue weighted by Crippen LogP contribution is -2.31. The number of hydrogen-bond donors (Lipinski definition) is 1. The first-order chi connectivity index (χ1) is 15.7. The molecule has 0 bridgehead atoms. The third-order valence-electron chi connectivity index (χ3n) is 6.40. The van der Waals surface area contributed by atoms with Crippen LogP contribution in [0.5, 0.6) is 11.6 Å². The molecule has 0 saturated carbocycles. The van der Waals surface area contributed by atoms with Crippen molar-refractivity contribution in [1.29, 1.82) is 5.41 Å². The maximum Gasteiger partial charge on any atom is 0.228 e. The minimum absolute atomic E-state index is 0.245. The van der Waals surface area contributed by atoms with E-state index >= 15 is 0 Å². The normalized spacial score (nSPS) is 14.9. The van der Waals surface area contributed by atoms with Gasteiger partial charge in [-0.3, -0.25) is 5.41 Å². The molecule has 32 heavy (non-hydrogen) atoms. The lowest BCUT2D eigenvalue weighted by atomic mass is 9.84. The molecule has 3 heterocycles. The first kappa shape index (κ1) is 20.5. The highest BCUT2D eigenvalue weighted by molar-refractivity contribution is 5.90. The van der Waals surface area contributed by atoms with Gasteiger partial charge in [-0.2, -0.15) is 0 Å². The fourth-order valence-corrected chi connectivity index (χ4v) is 4.67. The Morgan fingerprint density at radius 3 is 2.66 bits per heavy atom. The highest BCUT2D eigenvalue weighted by Gasteiger charge is 2.35. The van der Waals surface area contributed by atoms with Crippen molar-refractivity contribution in [1.82, 2.24) is 14.5 Å².